The minimum Gasteiger partial charge on any atom is -0.504 e. The number of H-pyrrole nitrogens is 1. The van der Waals surface area contributed by atoms with Crippen molar-refractivity contribution in [3.05, 3.63) is 39.0 Å². The Balaban J connectivity index is 1.75. The number of nitrogens with one attached hydrogen (secondary N) is 2. The first-order valence-electron chi connectivity index (χ1n) is 11.1. The zero-order valence-electron chi connectivity index (χ0n) is 19.6. The van der Waals surface area contributed by atoms with Gasteiger partial charge in [-0.15, -0.1) is 0 Å². The van der Waals surface area contributed by atoms with Crippen LogP contribution >= 0.6 is 15.9 Å². The number of halogens is 2. The Morgan fingerprint density at radius 3 is 2.37 bits per heavy atom. The molecule has 38 heavy (non-hydrogen) atoms. The van der Waals surface area contributed by atoms with Crippen LogP contribution in [0.25, 0.3) is 10.9 Å². The number of hydrogen-bond acceptors (Lipinski definition) is 13. The fourth-order valence-corrected chi connectivity index (χ4v) is 4.54. The molecule has 0 atom stereocenters. The van der Waals surface area contributed by atoms with Gasteiger partial charge in [0.25, 0.3) is 0 Å². The molecule has 9 N–H and O–H groups in total. The number of ether oxygens (including phenoxy) is 2. The van der Waals surface area contributed by atoms with Crippen molar-refractivity contribution in [1.29, 1.82) is 0 Å². The van der Waals surface area contributed by atoms with Crippen LogP contribution in [0.1, 0.15) is 12.8 Å². The Kier molecular flexibility index (Phi) is 7.41. The van der Waals surface area contributed by atoms with E-state index in [0.717, 1.165) is 18.1 Å². The molecule has 1 aliphatic heterocycles. The maximum Gasteiger partial charge on any atom is 0.347 e. The summed E-state index contributed by atoms with van der Waals surface area (Å²) < 4.78 is 25.3. The van der Waals surface area contributed by atoms with Gasteiger partial charge in [-0.2, -0.15) is 4.98 Å². The van der Waals surface area contributed by atoms with Crippen LogP contribution in [-0.2, 0) is 0 Å². The molecule has 1 aromatic heterocycles. The summed E-state index contributed by atoms with van der Waals surface area (Å²) in [5.74, 6) is -8.01. The van der Waals surface area contributed by atoms with E-state index in [9.17, 15) is 44.9 Å². The number of piperidine rings is 1. The minimum atomic E-state index is -3.09. The van der Waals surface area contributed by atoms with Crippen molar-refractivity contribution >= 4 is 38.3 Å². The zero-order valence-corrected chi connectivity index (χ0v) is 21.2. The first kappa shape index (κ1) is 27.8. The molecule has 0 spiro atoms. The van der Waals surface area contributed by atoms with Crippen LogP contribution < -0.4 is 20.5 Å². The number of aromatic nitrogens is 2. The number of nitrogens with zero attached hydrogens (tertiary/aromatic N) is 2. The highest BCUT2D eigenvalue weighted by molar-refractivity contribution is 9.10. The van der Waals surface area contributed by atoms with E-state index in [4.69, 9.17) is 9.47 Å². The van der Waals surface area contributed by atoms with Crippen LogP contribution in [0.2, 0.25) is 0 Å². The standard InChI is InChI=1S/C22H24BrFN4O10/c1-37-17-15(29)13-14(26-20(31)27-19(13)25-12-3-2-10(23)8-11(12)24)16(30)18(17)38-21(32,33)9-4-6-28(7-5-9)22(34,35)36/h2-3,8-9,29-30,32-36H,4-7H2,1H3,(H2,25,26,27,31). The quantitative estimate of drug-likeness (QED) is 0.131. The van der Waals surface area contributed by atoms with E-state index < -0.39 is 58.0 Å². The molecule has 16 heteroatoms. The molecule has 3 aromatic rings. The van der Waals surface area contributed by atoms with Gasteiger partial charge in [0.1, 0.15) is 17.2 Å². The van der Waals surface area contributed by atoms with Crippen molar-refractivity contribution in [2.45, 2.75) is 24.9 Å². The third-order valence-corrected chi connectivity index (χ3v) is 6.63. The third kappa shape index (κ3) is 5.32. The van der Waals surface area contributed by atoms with E-state index in [1.54, 1.807) is 0 Å². The van der Waals surface area contributed by atoms with Gasteiger partial charge in [-0.05, 0) is 31.0 Å². The van der Waals surface area contributed by atoms with Crippen LogP contribution in [0.3, 0.4) is 0 Å². The number of aromatic hydroxyl groups is 2. The summed E-state index contributed by atoms with van der Waals surface area (Å²) in [4.78, 5) is 19.1. The Morgan fingerprint density at radius 1 is 1.13 bits per heavy atom. The topological polar surface area (TPSA) is 221 Å². The van der Waals surface area contributed by atoms with Crippen LogP contribution in [0, 0.1) is 11.7 Å². The summed E-state index contributed by atoms with van der Waals surface area (Å²) in [7, 11) is 1.09. The average Bonchev–Trinajstić information content (AvgIpc) is 2.83. The number of phenols is 2. The van der Waals surface area contributed by atoms with Crippen LogP contribution in [0.15, 0.2) is 27.5 Å². The number of benzene rings is 2. The fraction of sp³-hybridized carbons (Fsp3) is 0.364. The lowest BCUT2D eigenvalue weighted by Gasteiger charge is -2.40. The van der Waals surface area contributed by atoms with E-state index in [0.29, 0.717) is 4.47 Å². The maximum atomic E-state index is 14.4. The van der Waals surface area contributed by atoms with Gasteiger partial charge in [-0.3, -0.25) is 0 Å². The number of methoxy groups -OCH3 is 1. The highest BCUT2D eigenvalue weighted by Crippen LogP contribution is 2.52. The Morgan fingerprint density at radius 2 is 1.79 bits per heavy atom. The molecule has 0 saturated carbocycles. The molecule has 0 amide bonds. The number of rotatable bonds is 7. The smallest absolute Gasteiger partial charge is 0.347 e. The molecule has 1 aliphatic rings. The summed E-state index contributed by atoms with van der Waals surface area (Å²) in [6, 6.07) is 4.00. The van der Waals surface area contributed by atoms with Gasteiger partial charge < -0.3 is 55.5 Å². The van der Waals surface area contributed by atoms with Gasteiger partial charge in [0.15, 0.2) is 11.5 Å². The molecule has 2 heterocycles. The molecule has 206 valence electrons. The van der Waals surface area contributed by atoms with Gasteiger partial charge in [0, 0.05) is 17.6 Å². The number of aromatic amines is 1. The lowest BCUT2D eigenvalue weighted by molar-refractivity contribution is -0.402. The van der Waals surface area contributed by atoms with E-state index >= 15 is 0 Å². The molecule has 0 unspecified atom stereocenters. The van der Waals surface area contributed by atoms with Gasteiger partial charge >= 0.3 is 17.8 Å². The third-order valence-electron chi connectivity index (χ3n) is 6.13. The van der Waals surface area contributed by atoms with Crippen molar-refractivity contribution < 1.29 is 49.6 Å². The van der Waals surface area contributed by atoms with Crippen molar-refractivity contribution in [2.24, 2.45) is 5.92 Å². The predicted molar refractivity (Wildman–Crippen MR) is 131 cm³/mol. The molecule has 2 aromatic carbocycles. The molecular formula is C22H24BrFN4O10. The second-order valence-corrected chi connectivity index (χ2v) is 9.49. The summed E-state index contributed by atoms with van der Waals surface area (Å²) >= 11 is 3.13. The summed E-state index contributed by atoms with van der Waals surface area (Å²) in [6.45, 7) is -0.319. The first-order chi connectivity index (χ1) is 17.7. The van der Waals surface area contributed by atoms with Crippen molar-refractivity contribution in [3.63, 3.8) is 0 Å². The number of fused-ring (bicyclic) bond motifs is 1. The predicted octanol–water partition coefficient (Wildman–Crippen LogP) is 0.305. The van der Waals surface area contributed by atoms with Crippen molar-refractivity contribution in [1.82, 2.24) is 14.9 Å². The molecule has 0 aliphatic carbocycles. The van der Waals surface area contributed by atoms with Gasteiger partial charge in [-0.25, -0.2) is 14.1 Å². The van der Waals surface area contributed by atoms with Crippen molar-refractivity contribution in [3.8, 4) is 23.0 Å². The molecular weight excluding hydrogens is 579 g/mol. The summed E-state index contributed by atoms with van der Waals surface area (Å²) in [6.07, 6.45) is -3.27. The SMILES string of the molecule is COc1c(OC(O)(O)C2CCN(C(O)(O)O)CC2)c(O)c2[nH]c(=O)nc(Nc3ccc(Br)cc3F)c2c1O. The fourth-order valence-electron chi connectivity index (χ4n) is 4.21. The number of aliphatic hydroxyl groups is 5. The lowest BCUT2D eigenvalue weighted by atomic mass is 9.94. The first-order valence-corrected chi connectivity index (χ1v) is 11.9. The Bertz CT molecular complexity index is 1420. The van der Waals surface area contributed by atoms with Gasteiger partial charge in [-0.1, -0.05) is 15.9 Å². The minimum absolute atomic E-state index is 0.0906. The summed E-state index contributed by atoms with van der Waals surface area (Å²) in [5, 5.41) is 73.5. The molecule has 1 fully saturated rings. The molecule has 1 saturated heterocycles. The summed E-state index contributed by atoms with van der Waals surface area (Å²) in [5.41, 5.74) is -1.55. The van der Waals surface area contributed by atoms with Gasteiger partial charge in [0.05, 0.1) is 24.1 Å². The zero-order chi connectivity index (χ0) is 28.0. The normalized spacial score (nSPS) is 15.6. The number of likely N-dealkylation sites (tertiary alicyclic amines) is 1. The van der Waals surface area contributed by atoms with Gasteiger partial charge in [0.2, 0.25) is 11.5 Å². The van der Waals surface area contributed by atoms with E-state index in [1.165, 1.54) is 12.1 Å². The highest BCUT2D eigenvalue weighted by atomic mass is 79.9. The maximum absolute atomic E-state index is 14.4. The largest absolute Gasteiger partial charge is 0.504 e. The lowest BCUT2D eigenvalue weighted by Crippen LogP contribution is -2.55. The number of hydrogen-bond donors (Lipinski definition) is 9. The Hall–Kier alpha value is -3.25. The second kappa shape index (κ2) is 10.1. The van der Waals surface area contributed by atoms with Crippen LogP contribution in [0.4, 0.5) is 15.9 Å². The van der Waals surface area contributed by atoms with E-state index in [2.05, 4.69) is 31.2 Å². The van der Waals surface area contributed by atoms with Crippen molar-refractivity contribution in [2.75, 3.05) is 25.5 Å². The monoisotopic (exact) mass is 602 g/mol. The van der Waals surface area contributed by atoms with Crippen LogP contribution in [0.5, 0.6) is 23.0 Å². The molecule has 0 radical (unpaired) electrons. The number of phenolic OH excluding ortho intramolecular Hbond substituents is 2. The average molecular weight is 603 g/mol. The molecule has 4 rings (SSSR count). The Labute approximate surface area is 221 Å². The van der Waals surface area contributed by atoms with E-state index in [-0.39, 0.29) is 42.8 Å². The van der Waals surface area contributed by atoms with E-state index in [1.807, 2.05) is 0 Å². The highest BCUT2D eigenvalue weighted by Gasteiger charge is 2.44. The second-order valence-electron chi connectivity index (χ2n) is 8.57. The molecule has 0 bridgehead atoms. The van der Waals surface area contributed by atoms with Crippen LogP contribution in [-0.4, -0.2) is 82.9 Å². The molecule has 14 nitrogen and oxygen atoms in total. The number of anilines is 2.